The second kappa shape index (κ2) is 6.74. The van der Waals surface area contributed by atoms with E-state index in [0.717, 1.165) is 18.9 Å². The minimum Gasteiger partial charge on any atom is -0.393 e. The van der Waals surface area contributed by atoms with Crippen molar-refractivity contribution in [3.63, 3.8) is 0 Å². The number of hydrogen-bond acceptors (Lipinski definition) is 6. The Morgan fingerprint density at radius 1 is 1.55 bits per heavy atom. The normalized spacial score (nSPS) is 20.8. The number of aromatic nitrogens is 2. The van der Waals surface area contributed by atoms with Gasteiger partial charge in [0.15, 0.2) is 11.6 Å². The van der Waals surface area contributed by atoms with E-state index in [4.69, 9.17) is 10.5 Å². The number of nitrogens with one attached hydrogen (secondary N) is 1. The molecule has 0 spiro atoms. The molecule has 0 aromatic carbocycles. The number of methoxy groups -OCH3 is 1. The average molecular weight is 279 g/mol. The van der Waals surface area contributed by atoms with Crippen LogP contribution in [0, 0.1) is 5.92 Å². The fraction of sp³-hybridized carbons (Fsp3) is 0.714. The van der Waals surface area contributed by atoms with Crippen LogP contribution < -0.4 is 16.0 Å². The van der Waals surface area contributed by atoms with E-state index in [9.17, 15) is 0 Å². The van der Waals surface area contributed by atoms with Gasteiger partial charge in [-0.3, -0.25) is 0 Å². The molecule has 1 aliphatic rings. The summed E-state index contributed by atoms with van der Waals surface area (Å²) in [5.41, 5.74) is 6.86. The fourth-order valence-electron chi connectivity index (χ4n) is 2.66. The number of nitrogen functional groups attached to an aromatic ring is 1. The molecule has 1 saturated heterocycles. The summed E-state index contributed by atoms with van der Waals surface area (Å²) >= 11 is 0. The molecule has 6 nitrogen and oxygen atoms in total. The Morgan fingerprint density at radius 2 is 2.35 bits per heavy atom. The van der Waals surface area contributed by atoms with Crippen molar-refractivity contribution in [3.05, 3.63) is 6.33 Å². The van der Waals surface area contributed by atoms with Crippen LogP contribution in [-0.4, -0.2) is 42.8 Å². The highest BCUT2D eigenvalue weighted by molar-refractivity contribution is 5.75. The van der Waals surface area contributed by atoms with Crippen molar-refractivity contribution in [2.24, 2.45) is 5.92 Å². The molecule has 1 aliphatic heterocycles. The second-order valence-electron chi connectivity index (χ2n) is 5.65. The molecular formula is C14H25N5O. The molecule has 3 N–H and O–H groups in total. The third-order valence-corrected chi connectivity index (χ3v) is 3.62. The van der Waals surface area contributed by atoms with Crippen molar-refractivity contribution in [1.29, 1.82) is 0 Å². The first kappa shape index (κ1) is 14.8. The molecule has 1 fully saturated rings. The van der Waals surface area contributed by atoms with Gasteiger partial charge in [0.1, 0.15) is 12.0 Å². The highest BCUT2D eigenvalue weighted by Gasteiger charge is 2.21. The summed E-state index contributed by atoms with van der Waals surface area (Å²) in [6, 6.07) is 0.158. The molecule has 0 amide bonds. The molecule has 20 heavy (non-hydrogen) atoms. The first-order valence-corrected chi connectivity index (χ1v) is 7.22. The largest absolute Gasteiger partial charge is 0.393 e. The van der Waals surface area contributed by atoms with Crippen LogP contribution in [0.3, 0.4) is 0 Å². The van der Waals surface area contributed by atoms with Crippen LogP contribution >= 0.6 is 0 Å². The van der Waals surface area contributed by atoms with Crippen molar-refractivity contribution >= 4 is 17.3 Å². The Bertz CT molecular complexity index is 440. The summed E-state index contributed by atoms with van der Waals surface area (Å²) in [5, 5.41) is 3.27. The Kier molecular flexibility index (Phi) is 5.00. The molecule has 0 radical (unpaired) electrons. The molecule has 0 saturated carbocycles. The average Bonchev–Trinajstić information content (AvgIpc) is 2.41. The van der Waals surface area contributed by atoms with Crippen LogP contribution in [0.1, 0.15) is 26.7 Å². The highest BCUT2D eigenvalue weighted by atomic mass is 16.5. The molecular weight excluding hydrogens is 254 g/mol. The van der Waals surface area contributed by atoms with Crippen molar-refractivity contribution < 1.29 is 4.74 Å². The standard InChI is InChI=1S/C14H25N5O/c1-10-5-4-6-19(7-10)14-12(15)13(16-9-17-14)18-11(2)8-20-3/h9-11H,4-8,15H2,1-3H3,(H,16,17,18). The maximum atomic E-state index is 6.23. The molecule has 112 valence electrons. The first-order valence-electron chi connectivity index (χ1n) is 7.22. The second-order valence-corrected chi connectivity index (χ2v) is 5.65. The summed E-state index contributed by atoms with van der Waals surface area (Å²) in [6.07, 6.45) is 4.04. The molecule has 1 aromatic heterocycles. The summed E-state index contributed by atoms with van der Waals surface area (Å²) in [5.74, 6) is 2.22. The smallest absolute Gasteiger partial charge is 0.157 e. The van der Waals surface area contributed by atoms with E-state index in [0.29, 0.717) is 24.0 Å². The van der Waals surface area contributed by atoms with Crippen LogP contribution in [0.2, 0.25) is 0 Å². The Balaban J connectivity index is 2.14. The number of ether oxygens (including phenoxy) is 1. The maximum absolute atomic E-state index is 6.23. The predicted molar refractivity (Wildman–Crippen MR) is 82.0 cm³/mol. The molecule has 0 aliphatic carbocycles. The first-order chi connectivity index (χ1) is 9.61. The lowest BCUT2D eigenvalue weighted by atomic mass is 10.0. The third kappa shape index (κ3) is 3.50. The number of nitrogens with zero attached hydrogens (tertiary/aromatic N) is 3. The lowest BCUT2D eigenvalue weighted by molar-refractivity contribution is 0.190. The van der Waals surface area contributed by atoms with E-state index in [1.54, 1.807) is 13.4 Å². The zero-order chi connectivity index (χ0) is 14.5. The van der Waals surface area contributed by atoms with Gasteiger partial charge in [0.25, 0.3) is 0 Å². The third-order valence-electron chi connectivity index (χ3n) is 3.62. The summed E-state index contributed by atoms with van der Waals surface area (Å²) in [6.45, 7) is 6.93. The Hall–Kier alpha value is -1.56. The molecule has 6 heteroatoms. The van der Waals surface area contributed by atoms with Gasteiger partial charge in [-0.25, -0.2) is 9.97 Å². The van der Waals surface area contributed by atoms with E-state index >= 15 is 0 Å². The quantitative estimate of drug-likeness (QED) is 0.855. The minimum atomic E-state index is 0.158. The van der Waals surface area contributed by atoms with Gasteiger partial charge in [-0.2, -0.15) is 0 Å². The molecule has 2 heterocycles. The van der Waals surface area contributed by atoms with Gasteiger partial charge >= 0.3 is 0 Å². The van der Waals surface area contributed by atoms with Gasteiger partial charge in [-0.15, -0.1) is 0 Å². The Morgan fingerprint density at radius 3 is 3.05 bits per heavy atom. The topological polar surface area (TPSA) is 76.3 Å². The molecule has 2 rings (SSSR count). The summed E-state index contributed by atoms with van der Waals surface area (Å²) in [7, 11) is 1.68. The monoisotopic (exact) mass is 279 g/mol. The van der Waals surface area contributed by atoms with Crippen molar-refractivity contribution in [1.82, 2.24) is 9.97 Å². The molecule has 1 aromatic rings. The summed E-state index contributed by atoms with van der Waals surface area (Å²) in [4.78, 5) is 10.9. The van der Waals surface area contributed by atoms with Gasteiger partial charge < -0.3 is 20.7 Å². The van der Waals surface area contributed by atoms with Gasteiger partial charge in [-0.1, -0.05) is 6.92 Å². The van der Waals surface area contributed by atoms with Crippen LogP contribution in [0.5, 0.6) is 0 Å². The van der Waals surface area contributed by atoms with E-state index in [2.05, 4.69) is 27.1 Å². The summed E-state index contributed by atoms with van der Waals surface area (Å²) < 4.78 is 5.12. The number of piperidine rings is 1. The van der Waals surface area contributed by atoms with E-state index in [-0.39, 0.29) is 6.04 Å². The Labute approximate surface area is 120 Å². The number of anilines is 3. The maximum Gasteiger partial charge on any atom is 0.157 e. The lowest BCUT2D eigenvalue weighted by Gasteiger charge is -2.32. The highest BCUT2D eigenvalue weighted by Crippen LogP contribution is 2.29. The van der Waals surface area contributed by atoms with Gasteiger partial charge in [0.05, 0.1) is 6.61 Å². The van der Waals surface area contributed by atoms with Gasteiger partial charge in [0.2, 0.25) is 0 Å². The fourth-order valence-corrected chi connectivity index (χ4v) is 2.66. The van der Waals surface area contributed by atoms with Crippen LogP contribution in [0.25, 0.3) is 0 Å². The zero-order valence-electron chi connectivity index (χ0n) is 12.6. The number of nitrogens with two attached hydrogens (primary N) is 1. The molecule has 0 bridgehead atoms. The van der Waals surface area contributed by atoms with Crippen LogP contribution in [0.15, 0.2) is 6.33 Å². The molecule has 2 unspecified atom stereocenters. The minimum absolute atomic E-state index is 0.158. The van der Waals surface area contributed by atoms with Crippen LogP contribution in [-0.2, 0) is 4.74 Å². The van der Waals surface area contributed by atoms with E-state index < -0.39 is 0 Å². The van der Waals surface area contributed by atoms with Crippen LogP contribution in [0.4, 0.5) is 17.3 Å². The van der Waals surface area contributed by atoms with Gasteiger partial charge in [0, 0.05) is 26.2 Å². The number of rotatable bonds is 5. The SMILES string of the molecule is COCC(C)Nc1ncnc(N2CCCC(C)C2)c1N. The predicted octanol–water partition coefficient (Wildman–Crippen LogP) is 1.74. The van der Waals surface area contributed by atoms with Crippen molar-refractivity contribution in [2.75, 3.05) is 42.8 Å². The van der Waals surface area contributed by atoms with Crippen molar-refractivity contribution in [2.45, 2.75) is 32.7 Å². The lowest BCUT2D eigenvalue weighted by Crippen LogP contribution is -2.35. The number of hydrogen-bond donors (Lipinski definition) is 2. The molecule has 2 atom stereocenters. The van der Waals surface area contributed by atoms with E-state index in [1.165, 1.54) is 12.8 Å². The van der Waals surface area contributed by atoms with Crippen molar-refractivity contribution in [3.8, 4) is 0 Å². The zero-order valence-corrected chi connectivity index (χ0v) is 12.6. The van der Waals surface area contributed by atoms with E-state index in [1.807, 2.05) is 6.92 Å². The van der Waals surface area contributed by atoms with Gasteiger partial charge in [-0.05, 0) is 25.7 Å².